The van der Waals surface area contributed by atoms with Gasteiger partial charge in [0.2, 0.25) is 11.8 Å². The van der Waals surface area contributed by atoms with Crippen molar-refractivity contribution in [3.05, 3.63) is 90.5 Å². The number of amides is 3. The van der Waals surface area contributed by atoms with Crippen molar-refractivity contribution in [2.24, 2.45) is 35.5 Å². The third kappa shape index (κ3) is 3.53. The third-order valence-corrected chi connectivity index (χ3v) is 8.46. The van der Waals surface area contributed by atoms with Crippen molar-refractivity contribution in [2.45, 2.75) is 6.42 Å². The zero-order valence-electron chi connectivity index (χ0n) is 20.7. The SMILES string of the molecule is COc1ccccc1Oc1ccc(NC(=O)c2ccc(N3C(=O)[C@@H]4[C@H]5C=C[C@@H]([C@@H]6C[C@H]56)[C@@H]4C3=O)cc2)cc1. The van der Waals surface area contributed by atoms with Gasteiger partial charge in [0.1, 0.15) is 5.75 Å². The Hall–Kier alpha value is -4.39. The first-order valence-corrected chi connectivity index (χ1v) is 12.9. The number of benzene rings is 3. The van der Waals surface area contributed by atoms with E-state index in [-0.39, 0.29) is 41.4 Å². The molecular formula is C31H26N2O5. The minimum absolute atomic E-state index is 0.0997. The molecule has 4 aliphatic carbocycles. The molecule has 1 heterocycles. The van der Waals surface area contributed by atoms with Crippen molar-refractivity contribution in [1.29, 1.82) is 0 Å². The highest BCUT2D eigenvalue weighted by atomic mass is 16.5. The number of nitrogens with one attached hydrogen (secondary N) is 1. The number of imide groups is 1. The molecule has 0 radical (unpaired) electrons. The summed E-state index contributed by atoms with van der Waals surface area (Å²) < 4.78 is 11.2. The number of carbonyl (C=O) groups excluding carboxylic acids is 3. The van der Waals surface area contributed by atoms with Crippen molar-refractivity contribution in [3.8, 4) is 17.2 Å². The van der Waals surface area contributed by atoms with Gasteiger partial charge in [-0.1, -0.05) is 24.3 Å². The maximum Gasteiger partial charge on any atom is 0.255 e. The maximum atomic E-state index is 13.3. The Morgan fingerprint density at radius 2 is 1.42 bits per heavy atom. The Morgan fingerprint density at radius 3 is 2.03 bits per heavy atom. The Morgan fingerprint density at radius 1 is 0.816 bits per heavy atom. The van der Waals surface area contributed by atoms with Crippen LogP contribution < -0.4 is 19.7 Å². The summed E-state index contributed by atoms with van der Waals surface area (Å²) >= 11 is 0. The monoisotopic (exact) mass is 506 g/mol. The van der Waals surface area contributed by atoms with Crippen LogP contribution in [0.15, 0.2) is 84.9 Å². The average Bonchev–Trinajstić information content (AvgIpc) is 3.73. The van der Waals surface area contributed by atoms with Gasteiger partial charge < -0.3 is 14.8 Å². The molecule has 1 aliphatic heterocycles. The van der Waals surface area contributed by atoms with Gasteiger partial charge in [0, 0.05) is 11.3 Å². The number of carbonyl (C=O) groups is 3. The van der Waals surface area contributed by atoms with E-state index < -0.39 is 0 Å². The van der Waals surface area contributed by atoms with Gasteiger partial charge in [-0.2, -0.15) is 0 Å². The lowest BCUT2D eigenvalue weighted by molar-refractivity contribution is -0.124. The van der Waals surface area contributed by atoms with Gasteiger partial charge in [-0.3, -0.25) is 19.3 Å². The minimum Gasteiger partial charge on any atom is -0.493 e. The van der Waals surface area contributed by atoms with Crippen LogP contribution in [0.3, 0.4) is 0 Å². The second-order valence-corrected chi connectivity index (χ2v) is 10.4. The fraction of sp³-hybridized carbons (Fsp3) is 0.258. The van der Waals surface area contributed by atoms with Gasteiger partial charge in [-0.25, -0.2) is 0 Å². The summed E-state index contributed by atoms with van der Waals surface area (Å²) in [6, 6.07) is 21.1. The average molecular weight is 507 g/mol. The molecule has 7 nitrogen and oxygen atoms in total. The molecule has 2 saturated carbocycles. The normalized spacial score (nSPS) is 28.1. The summed E-state index contributed by atoms with van der Waals surface area (Å²) in [7, 11) is 1.59. The molecule has 7 heteroatoms. The highest BCUT2D eigenvalue weighted by molar-refractivity contribution is 6.22. The van der Waals surface area contributed by atoms with Crippen LogP contribution in [0, 0.1) is 35.5 Å². The van der Waals surface area contributed by atoms with E-state index in [0.29, 0.717) is 46.0 Å². The zero-order chi connectivity index (χ0) is 26.0. The molecule has 0 unspecified atom stereocenters. The Labute approximate surface area is 220 Å². The summed E-state index contributed by atoms with van der Waals surface area (Å²) in [5.74, 6) is 2.39. The lowest BCUT2D eigenvalue weighted by Gasteiger charge is -2.37. The number of nitrogens with zero attached hydrogens (tertiary/aromatic N) is 1. The van der Waals surface area contributed by atoms with Crippen molar-refractivity contribution in [1.82, 2.24) is 0 Å². The smallest absolute Gasteiger partial charge is 0.255 e. The number of ether oxygens (including phenoxy) is 2. The molecule has 3 amide bonds. The number of hydrogen-bond donors (Lipinski definition) is 1. The lowest BCUT2D eigenvalue weighted by Crippen LogP contribution is -2.40. The molecule has 3 fully saturated rings. The van der Waals surface area contributed by atoms with Crippen LogP contribution in [0.1, 0.15) is 16.8 Å². The molecule has 190 valence electrons. The van der Waals surface area contributed by atoms with Crippen LogP contribution in [-0.2, 0) is 9.59 Å². The fourth-order valence-electron chi connectivity index (χ4n) is 6.61. The predicted molar refractivity (Wildman–Crippen MR) is 141 cm³/mol. The highest BCUT2D eigenvalue weighted by Gasteiger charge is 2.67. The molecule has 8 rings (SSSR count). The van der Waals surface area contributed by atoms with Gasteiger partial charge >= 0.3 is 0 Å². The van der Waals surface area contributed by atoms with Gasteiger partial charge in [-0.15, -0.1) is 0 Å². The Bertz CT molecular complexity index is 1440. The summed E-state index contributed by atoms with van der Waals surface area (Å²) in [4.78, 5) is 40.8. The van der Waals surface area contributed by atoms with Gasteiger partial charge in [-0.05, 0) is 90.8 Å². The molecule has 0 spiro atoms. The molecular weight excluding hydrogens is 480 g/mol. The van der Waals surface area contributed by atoms with E-state index >= 15 is 0 Å². The van der Waals surface area contributed by atoms with E-state index in [9.17, 15) is 14.4 Å². The van der Waals surface area contributed by atoms with Gasteiger partial charge in [0.25, 0.3) is 5.91 Å². The number of hydrogen-bond acceptors (Lipinski definition) is 5. The predicted octanol–water partition coefficient (Wildman–Crippen LogP) is 5.30. The van der Waals surface area contributed by atoms with E-state index in [1.165, 1.54) is 4.90 Å². The summed E-state index contributed by atoms with van der Waals surface area (Å²) in [6.45, 7) is 0. The quantitative estimate of drug-likeness (QED) is 0.362. The van der Waals surface area contributed by atoms with Crippen molar-refractivity contribution >= 4 is 29.1 Å². The lowest BCUT2D eigenvalue weighted by atomic mass is 9.63. The van der Waals surface area contributed by atoms with E-state index in [4.69, 9.17) is 9.47 Å². The van der Waals surface area contributed by atoms with Gasteiger partial charge in [0.15, 0.2) is 11.5 Å². The van der Waals surface area contributed by atoms with Crippen LogP contribution in [0.5, 0.6) is 17.2 Å². The van der Waals surface area contributed by atoms with Crippen LogP contribution >= 0.6 is 0 Å². The van der Waals surface area contributed by atoms with Crippen LogP contribution in [-0.4, -0.2) is 24.8 Å². The number of allylic oxidation sites excluding steroid dienone is 2. The molecule has 2 bridgehead atoms. The Kier molecular flexibility index (Phi) is 5.15. The molecule has 3 aromatic rings. The van der Waals surface area contributed by atoms with Crippen molar-refractivity contribution in [3.63, 3.8) is 0 Å². The molecule has 3 aromatic carbocycles. The summed E-state index contributed by atoms with van der Waals surface area (Å²) in [5, 5.41) is 2.87. The zero-order valence-corrected chi connectivity index (χ0v) is 20.7. The van der Waals surface area contributed by atoms with Crippen LogP contribution in [0.2, 0.25) is 0 Å². The van der Waals surface area contributed by atoms with Crippen molar-refractivity contribution in [2.75, 3.05) is 17.3 Å². The molecule has 6 atom stereocenters. The topological polar surface area (TPSA) is 84.9 Å². The van der Waals surface area contributed by atoms with E-state index in [1.807, 2.05) is 24.3 Å². The van der Waals surface area contributed by atoms with Crippen molar-refractivity contribution < 1.29 is 23.9 Å². The summed E-state index contributed by atoms with van der Waals surface area (Å²) in [6.07, 6.45) is 5.47. The highest BCUT2D eigenvalue weighted by Crippen LogP contribution is 2.65. The first kappa shape index (κ1) is 22.8. The summed E-state index contributed by atoms with van der Waals surface area (Å²) in [5.41, 5.74) is 1.57. The van der Waals surface area contributed by atoms with Gasteiger partial charge in [0.05, 0.1) is 24.6 Å². The molecule has 1 saturated heterocycles. The Balaban J connectivity index is 1.02. The standard InChI is InChI=1S/C31H26N2O5/c1-37-25-4-2-3-5-26(25)38-20-12-8-18(9-13-20)32-29(34)17-6-10-19(11-7-17)33-30(35)27-21-14-15-22(24-16-23(21)24)28(27)31(33)36/h2-15,21-24,27-28H,16H2,1H3,(H,32,34)/t21-,22-,23-,24+,27-,28+/m0/s1. The third-order valence-electron chi connectivity index (χ3n) is 8.46. The first-order chi connectivity index (χ1) is 18.5. The largest absolute Gasteiger partial charge is 0.493 e. The number of para-hydroxylation sites is 2. The maximum absolute atomic E-state index is 13.3. The second-order valence-electron chi connectivity index (χ2n) is 10.4. The van der Waals surface area contributed by atoms with E-state index in [0.717, 1.165) is 6.42 Å². The van der Waals surface area contributed by atoms with Crippen LogP contribution in [0.4, 0.5) is 11.4 Å². The first-order valence-electron chi connectivity index (χ1n) is 12.9. The van der Waals surface area contributed by atoms with Crippen LogP contribution in [0.25, 0.3) is 0 Å². The minimum atomic E-state index is -0.287. The molecule has 5 aliphatic rings. The number of rotatable bonds is 6. The van der Waals surface area contributed by atoms with E-state index in [2.05, 4.69) is 17.5 Å². The molecule has 0 aromatic heterocycles. The molecule has 38 heavy (non-hydrogen) atoms. The number of methoxy groups -OCH3 is 1. The van der Waals surface area contributed by atoms with E-state index in [1.54, 1.807) is 55.6 Å². The second kappa shape index (κ2) is 8.58. The molecule has 1 N–H and O–H groups in total. The fourth-order valence-corrected chi connectivity index (χ4v) is 6.61. The number of anilines is 2.